The monoisotopic (exact) mass is 1320 g/mol. The van der Waals surface area contributed by atoms with Gasteiger partial charge >= 0.3 is 0 Å². The Hall–Kier alpha value is -13.9. The molecule has 0 N–H and O–H groups in total. The summed E-state index contributed by atoms with van der Waals surface area (Å²) in [6, 6.07) is 133. The molecule has 0 aliphatic rings. The van der Waals surface area contributed by atoms with Crippen LogP contribution in [0.15, 0.2) is 376 Å². The SMILES string of the molecule is c1ccc(-c2c(-c3ccc4cc(-c5nc(-c6ccc7ccccc7c6)nc(-c6ccc7ccccc7c6)n5)ccc4c3)ccc3ccccc23)cc1.c1ccc(-c2cccc3ccc(-c4ccc5cc(-c6nc(-c7ccc8ccccc8c7)nc(-c7ccc8ccccc8c7)n6)ccc5c4)cc23)cc1. The van der Waals surface area contributed by atoms with Crippen molar-refractivity contribution in [2.75, 3.05) is 0 Å². The third-order valence-corrected chi connectivity index (χ3v) is 20.1. The second kappa shape index (κ2) is 26.3. The molecule has 0 bridgehead atoms. The fraction of sp³-hybridized carbons (Fsp3) is 0. The molecule has 18 aromatic carbocycles. The molecule has 20 aromatic rings. The van der Waals surface area contributed by atoms with Crippen LogP contribution in [0.4, 0.5) is 0 Å². The Morgan fingerprint density at radius 1 is 0.125 bits per heavy atom. The normalized spacial score (nSPS) is 11.5. The van der Waals surface area contributed by atoms with Gasteiger partial charge in [0.25, 0.3) is 0 Å². The third-order valence-electron chi connectivity index (χ3n) is 20.1. The molecule has 0 spiro atoms. The van der Waals surface area contributed by atoms with Crippen LogP contribution in [0.1, 0.15) is 0 Å². The van der Waals surface area contributed by atoms with E-state index in [2.05, 4.69) is 376 Å². The smallest absolute Gasteiger partial charge is 0.164 e. The summed E-state index contributed by atoms with van der Waals surface area (Å²) >= 11 is 0. The highest BCUT2D eigenvalue weighted by atomic mass is 15.0. The van der Waals surface area contributed by atoms with Crippen LogP contribution >= 0.6 is 0 Å². The van der Waals surface area contributed by atoms with Crippen molar-refractivity contribution in [1.82, 2.24) is 29.9 Å². The summed E-state index contributed by atoms with van der Waals surface area (Å²) < 4.78 is 0. The van der Waals surface area contributed by atoms with Crippen molar-refractivity contribution in [1.29, 1.82) is 0 Å². The van der Waals surface area contributed by atoms with Crippen molar-refractivity contribution >= 4 is 86.2 Å². The maximum atomic E-state index is 5.09. The largest absolute Gasteiger partial charge is 0.208 e. The molecule has 2 aromatic heterocycles. The van der Waals surface area contributed by atoms with Crippen LogP contribution in [0.25, 0.3) is 199 Å². The first kappa shape index (κ1) is 61.2. The zero-order chi connectivity index (χ0) is 68.9. The Labute approximate surface area is 601 Å². The first-order chi connectivity index (χ1) is 51.4. The van der Waals surface area contributed by atoms with Gasteiger partial charge in [-0.25, -0.2) is 29.9 Å². The third kappa shape index (κ3) is 11.9. The van der Waals surface area contributed by atoms with Crippen LogP contribution in [-0.4, -0.2) is 29.9 Å². The summed E-state index contributed by atoms with van der Waals surface area (Å²) in [5.74, 6) is 3.91. The molecule has 0 radical (unpaired) electrons. The van der Waals surface area contributed by atoms with Crippen molar-refractivity contribution in [2.45, 2.75) is 0 Å². The predicted octanol–water partition coefficient (Wildman–Crippen LogP) is 25.6. The van der Waals surface area contributed by atoms with Gasteiger partial charge in [-0.15, -0.1) is 0 Å². The first-order valence-electron chi connectivity index (χ1n) is 35.2. The van der Waals surface area contributed by atoms with Gasteiger partial charge in [-0.05, 0) is 185 Å². The lowest BCUT2D eigenvalue weighted by Crippen LogP contribution is -2.00. The quantitative estimate of drug-likeness (QED) is 0.136. The van der Waals surface area contributed by atoms with Crippen molar-refractivity contribution < 1.29 is 0 Å². The van der Waals surface area contributed by atoms with Crippen molar-refractivity contribution in [3.63, 3.8) is 0 Å². The molecule has 20 rings (SSSR count). The van der Waals surface area contributed by atoms with Gasteiger partial charge in [0.15, 0.2) is 34.9 Å². The Morgan fingerprint density at radius 3 is 0.798 bits per heavy atom. The molecule has 0 aliphatic carbocycles. The van der Waals surface area contributed by atoms with Gasteiger partial charge in [-0.3, -0.25) is 0 Å². The molecule has 6 heteroatoms. The number of fused-ring (bicyclic) bond motifs is 8. The van der Waals surface area contributed by atoms with Crippen molar-refractivity contribution in [3.8, 4) is 113 Å². The Morgan fingerprint density at radius 2 is 0.385 bits per heavy atom. The van der Waals surface area contributed by atoms with Gasteiger partial charge in [-0.2, -0.15) is 0 Å². The molecule has 0 amide bonds. The predicted molar refractivity (Wildman–Crippen MR) is 434 cm³/mol. The van der Waals surface area contributed by atoms with Crippen LogP contribution in [0.5, 0.6) is 0 Å². The van der Waals surface area contributed by atoms with Gasteiger partial charge in [0.1, 0.15) is 0 Å². The van der Waals surface area contributed by atoms with Crippen LogP contribution in [0, 0.1) is 0 Å². The highest BCUT2D eigenvalue weighted by molar-refractivity contribution is 6.06. The van der Waals surface area contributed by atoms with Crippen LogP contribution in [-0.2, 0) is 0 Å². The summed E-state index contributed by atoms with van der Waals surface area (Å²) in [7, 11) is 0. The molecule has 6 nitrogen and oxygen atoms in total. The van der Waals surface area contributed by atoms with Crippen LogP contribution in [0.3, 0.4) is 0 Å². The molecule has 104 heavy (non-hydrogen) atoms. The van der Waals surface area contributed by atoms with Crippen molar-refractivity contribution in [2.24, 2.45) is 0 Å². The minimum absolute atomic E-state index is 0.646. The summed E-state index contributed by atoms with van der Waals surface area (Å²) in [6.07, 6.45) is 0. The number of aromatic nitrogens is 6. The fourth-order valence-corrected chi connectivity index (χ4v) is 14.7. The molecule has 0 atom stereocenters. The minimum Gasteiger partial charge on any atom is -0.208 e. The topological polar surface area (TPSA) is 77.3 Å². The summed E-state index contributed by atoms with van der Waals surface area (Å²) in [5, 5.41) is 18.9. The van der Waals surface area contributed by atoms with Gasteiger partial charge in [0, 0.05) is 33.4 Å². The standard InChI is InChI=1S/2C49H31N3/c1-2-13-35(14-3-1)46-44-17-9-8-12-34(44)26-27-45(46)40-22-20-39-31-43(25-21-38(39)28-40)49-51-47(41-23-18-32-10-4-6-15-36(32)29-41)50-48(52-49)42-24-19-33-11-5-7-16-37(33)30-42;1-2-11-34(12-3-1)45-16-8-15-35-19-20-41(31-46(35)45)39-21-22-40-30-44(26-23-38(40)27-39)49-51-47(42-24-17-32-9-4-6-13-36(32)28-42)50-48(52-49)43-25-18-33-10-5-7-14-37(33)29-43/h2*1-31H. The average molecular weight is 1320 g/mol. The Balaban J connectivity index is 0.000000143. The van der Waals surface area contributed by atoms with E-state index in [-0.39, 0.29) is 0 Å². The first-order valence-corrected chi connectivity index (χ1v) is 35.2. The summed E-state index contributed by atoms with van der Waals surface area (Å²) in [5.41, 5.74) is 15.4. The Bertz CT molecular complexity index is 6540. The van der Waals surface area contributed by atoms with E-state index in [1.54, 1.807) is 0 Å². The van der Waals surface area contributed by atoms with Gasteiger partial charge in [-0.1, -0.05) is 322 Å². The molecule has 0 unspecified atom stereocenters. The van der Waals surface area contributed by atoms with E-state index in [9.17, 15) is 0 Å². The lowest BCUT2D eigenvalue weighted by molar-refractivity contribution is 1.08. The van der Waals surface area contributed by atoms with E-state index >= 15 is 0 Å². The Kier molecular flexibility index (Phi) is 15.5. The van der Waals surface area contributed by atoms with E-state index in [0.717, 1.165) is 76.5 Å². The van der Waals surface area contributed by atoms with E-state index in [0.29, 0.717) is 34.9 Å². The van der Waals surface area contributed by atoms with E-state index in [1.165, 1.54) is 87.6 Å². The van der Waals surface area contributed by atoms with Gasteiger partial charge in [0.05, 0.1) is 0 Å². The summed E-state index contributed by atoms with van der Waals surface area (Å²) in [6.45, 7) is 0. The number of benzene rings is 18. The van der Waals surface area contributed by atoms with Crippen LogP contribution < -0.4 is 0 Å². The molecule has 484 valence electrons. The van der Waals surface area contributed by atoms with Gasteiger partial charge in [0.2, 0.25) is 0 Å². The lowest BCUT2D eigenvalue weighted by Gasteiger charge is -2.15. The number of nitrogens with zero attached hydrogens (tertiary/aromatic N) is 6. The van der Waals surface area contributed by atoms with E-state index in [1.807, 2.05) is 0 Å². The number of hydrogen-bond acceptors (Lipinski definition) is 6. The van der Waals surface area contributed by atoms with Gasteiger partial charge < -0.3 is 0 Å². The van der Waals surface area contributed by atoms with Crippen molar-refractivity contribution in [3.05, 3.63) is 376 Å². The molecule has 2 heterocycles. The zero-order valence-corrected chi connectivity index (χ0v) is 56.5. The highest BCUT2D eigenvalue weighted by Crippen LogP contribution is 2.41. The molecular formula is C98H62N6. The molecule has 0 aliphatic heterocycles. The minimum atomic E-state index is 0.646. The number of hydrogen-bond donors (Lipinski definition) is 0. The van der Waals surface area contributed by atoms with Crippen LogP contribution in [0.2, 0.25) is 0 Å². The molecule has 0 saturated carbocycles. The maximum Gasteiger partial charge on any atom is 0.164 e. The average Bonchev–Trinajstić information content (AvgIpc) is 0.795. The maximum absolute atomic E-state index is 5.09. The fourth-order valence-electron chi connectivity index (χ4n) is 14.7. The lowest BCUT2D eigenvalue weighted by atomic mass is 9.89. The molecule has 0 saturated heterocycles. The van der Waals surface area contributed by atoms with E-state index in [4.69, 9.17) is 29.9 Å². The molecular weight excluding hydrogens is 1260 g/mol. The van der Waals surface area contributed by atoms with E-state index < -0.39 is 0 Å². The second-order valence-corrected chi connectivity index (χ2v) is 26.6. The molecule has 0 fully saturated rings. The summed E-state index contributed by atoms with van der Waals surface area (Å²) in [4.78, 5) is 30.4. The number of rotatable bonds is 10. The zero-order valence-electron chi connectivity index (χ0n) is 56.5. The highest BCUT2D eigenvalue weighted by Gasteiger charge is 2.19. The second-order valence-electron chi connectivity index (χ2n) is 26.6.